The fourth-order valence-corrected chi connectivity index (χ4v) is 3.50. The number of piperidine rings is 1. The first-order valence-corrected chi connectivity index (χ1v) is 9.33. The molecule has 0 radical (unpaired) electrons. The molecule has 2 heterocycles. The quantitative estimate of drug-likeness (QED) is 0.806. The summed E-state index contributed by atoms with van der Waals surface area (Å²) in [4.78, 5) is 26.6. The average molecular weight is 365 g/mol. The van der Waals surface area contributed by atoms with E-state index in [0.29, 0.717) is 31.0 Å². The zero-order valence-corrected chi connectivity index (χ0v) is 16.4. The SMILES string of the molecule is CC(C)CC[C@@]1(C(=O)O)CN(C(=O)c2cc(C(C)C)nn2C)CC[C@@H]1O. The molecule has 1 aliphatic rings. The molecule has 2 N–H and O–H groups in total. The average Bonchev–Trinajstić information content (AvgIpc) is 2.95. The summed E-state index contributed by atoms with van der Waals surface area (Å²) in [6.45, 7) is 8.44. The van der Waals surface area contributed by atoms with Gasteiger partial charge in [0.05, 0.1) is 11.8 Å². The Hall–Kier alpha value is -1.89. The molecular formula is C19H31N3O4. The predicted molar refractivity (Wildman–Crippen MR) is 98.0 cm³/mol. The van der Waals surface area contributed by atoms with Gasteiger partial charge in [-0.3, -0.25) is 14.3 Å². The molecule has 0 unspecified atom stereocenters. The molecule has 0 aliphatic carbocycles. The number of carbonyl (C=O) groups excluding carboxylic acids is 1. The van der Waals surface area contributed by atoms with E-state index in [1.165, 1.54) is 0 Å². The van der Waals surface area contributed by atoms with Crippen molar-refractivity contribution in [2.24, 2.45) is 18.4 Å². The Labute approximate surface area is 155 Å². The van der Waals surface area contributed by atoms with E-state index < -0.39 is 17.5 Å². The van der Waals surface area contributed by atoms with E-state index in [-0.39, 0.29) is 24.8 Å². The Morgan fingerprint density at radius 1 is 1.35 bits per heavy atom. The molecule has 0 saturated carbocycles. The number of aliphatic hydroxyl groups excluding tert-OH is 1. The van der Waals surface area contributed by atoms with Gasteiger partial charge in [-0.15, -0.1) is 0 Å². The van der Waals surface area contributed by atoms with Crippen LogP contribution in [0.3, 0.4) is 0 Å². The van der Waals surface area contributed by atoms with Crippen LogP contribution in [0.5, 0.6) is 0 Å². The lowest BCUT2D eigenvalue weighted by Crippen LogP contribution is -2.57. The summed E-state index contributed by atoms with van der Waals surface area (Å²) >= 11 is 0. The number of hydrogen-bond acceptors (Lipinski definition) is 4. The van der Waals surface area contributed by atoms with Crippen molar-refractivity contribution in [1.82, 2.24) is 14.7 Å². The number of nitrogens with zero attached hydrogens (tertiary/aromatic N) is 3. The number of likely N-dealkylation sites (tertiary alicyclic amines) is 1. The molecule has 1 aromatic rings. The Morgan fingerprint density at radius 3 is 2.50 bits per heavy atom. The van der Waals surface area contributed by atoms with Crippen LogP contribution in [0.2, 0.25) is 0 Å². The second-order valence-corrected chi connectivity index (χ2v) is 8.16. The van der Waals surface area contributed by atoms with Gasteiger partial charge in [-0.2, -0.15) is 5.10 Å². The molecule has 7 nitrogen and oxygen atoms in total. The van der Waals surface area contributed by atoms with Crippen LogP contribution < -0.4 is 0 Å². The summed E-state index contributed by atoms with van der Waals surface area (Å²) in [6.07, 6.45) is 0.369. The van der Waals surface area contributed by atoms with E-state index in [1.807, 2.05) is 27.7 Å². The third kappa shape index (κ3) is 3.92. The summed E-state index contributed by atoms with van der Waals surface area (Å²) in [7, 11) is 1.72. The Balaban J connectivity index is 2.27. The minimum Gasteiger partial charge on any atom is -0.481 e. The van der Waals surface area contributed by atoms with Crippen LogP contribution >= 0.6 is 0 Å². The zero-order valence-electron chi connectivity index (χ0n) is 16.4. The highest BCUT2D eigenvalue weighted by Crippen LogP contribution is 2.37. The molecule has 7 heteroatoms. The van der Waals surface area contributed by atoms with E-state index >= 15 is 0 Å². The molecule has 0 bridgehead atoms. The van der Waals surface area contributed by atoms with Gasteiger partial charge in [0.1, 0.15) is 11.1 Å². The third-order valence-electron chi connectivity index (χ3n) is 5.37. The van der Waals surface area contributed by atoms with Crippen LogP contribution in [0.4, 0.5) is 0 Å². The van der Waals surface area contributed by atoms with Gasteiger partial charge >= 0.3 is 5.97 Å². The highest BCUT2D eigenvalue weighted by Gasteiger charge is 2.50. The van der Waals surface area contributed by atoms with Gasteiger partial charge in [0.25, 0.3) is 5.91 Å². The number of carboxylic acids is 1. The van der Waals surface area contributed by atoms with Gasteiger partial charge < -0.3 is 15.1 Å². The molecule has 1 fully saturated rings. The lowest BCUT2D eigenvalue weighted by molar-refractivity contribution is -0.163. The minimum atomic E-state index is -1.31. The van der Waals surface area contributed by atoms with E-state index in [1.54, 1.807) is 22.7 Å². The van der Waals surface area contributed by atoms with Crippen LogP contribution in [0, 0.1) is 11.3 Å². The van der Waals surface area contributed by atoms with Crippen molar-refractivity contribution in [3.63, 3.8) is 0 Å². The van der Waals surface area contributed by atoms with Gasteiger partial charge in [-0.1, -0.05) is 27.7 Å². The van der Waals surface area contributed by atoms with Crippen LogP contribution in [0.25, 0.3) is 0 Å². The number of hydrogen-bond donors (Lipinski definition) is 2. The molecule has 0 spiro atoms. The highest BCUT2D eigenvalue weighted by atomic mass is 16.4. The molecule has 146 valence electrons. The smallest absolute Gasteiger partial charge is 0.314 e. The van der Waals surface area contributed by atoms with Crippen LogP contribution in [0.15, 0.2) is 6.07 Å². The summed E-state index contributed by atoms with van der Waals surface area (Å²) in [5.74, 6) is -0.727. The molecule has 1 saturated heterocycles. The van der Waals surface area contributed by atoms with Gasteiger partial charge in [0, 0.05) is 20.1 Å². The molecular weight excluding hydrogens is 334 g/mol. The number of rotatable bonds is 6. The van der Waals surface area contributed by atoms with Crippen molar-refractivity contribution < 1.29 is 19.8 Å². The number of carboxylic acid groups (broad SMARTS) is 1. The predicted octanol–water partition coefficient (Wildman–Crippen LogP) is 2.26. The van der Waals surface area contributed by atoms with Gasteiger partial charge in [-0.05, 0) is 37.2 Å². The topological polar surface area (TPSA) is 95.7 Å². The summed E-state index contributed by atoms with van der Waals surface area (Å²) in [5.41, 5.74) is -0.0251. The molecule has 1 aliphatic heterocycles. The maximum atomic E-state index is 13.0. The molecule has 26 heavy (non-hydrogen) atoms. The van der Waals surface area contributed by atoms with E-state index in [0.717, 1.165) is 5.69 Å². The van der Waals surface area contributed by atoms with Crippen molar-refractivity contribution in [2.45, 2.75) is 59.0 Å². The number of aliphatic hydroxyl groups is 1. The number of amides is 1. The summed E-state index contributed by atoms with van der Waals surface area (Å²) in [6, 6.07) is 1.77. The number of aliphatic carboxylic acids is 1. The normalized spacial score (nSPS) is 23.7. The summed E-state index contributed by atoms with van der Waals surface area (Å²) in [5, 5.41) is 24.7. The van der Waals surface area contributed by atoms with E-state index in [2.05, 4.69) is 5.10 Å². The molecule has 0 aromatic carbocycles. The van der Waals surface area contributed by atoms with Gasteiger partial charge in [0.15, 0.2) is 0 Å². The van der Waals surface area contributed by atoms with Crippen molar-refractivity contribution in [3.05, 3.63) is 17.5 Å². The first-order chi connectivity index (χ1) is 12.1. The van der Waals surface area contributed by atoms with E-state index in [4.69, 9.17) is 0 Å². The largest absolute Gasteiger partial charge is 0.481 e. The van der Waals surface area contributed by atoms with Crippen LogP contribution in [-0.4, -0.2) is 56.0 Å². The molecule has 2 rings (SSSR count). The lowest BCUT2D eigenvalue weighted by atomic mass is 9.72. The molecule has 1 amide bonds. The second kappa shape index (κ2) is 7.78. The van der Waals surface area contributed by atoms with Gasteiger partial charge in [-0.25, -0.2) is 0 Å². The maximum Gasteiger partial charge on any atom is 0.314 e. The van der Waals surface area contributed by atoms with E-state index in [9.17, 15) is 19.8 Å². The fraction of sp³-hybridized carbons (Fsp3) is 0.737. The highest BCUT2D eigenvalue weighted by molar-refractivity contribution is 5.93. The second-order valence-electron chi connectivity index (χ2n) is 8.16. The van der Waals surface area contributed by atoms with Crippen molar-refractivity contribution >= 4 is 11.9 Å². The Bertz CT molecular complexity index is 668. The number of aromatic nitrogens is 2. The Kier molecular flexibility index (Phi) is 6.11. The zero-order chi connectivity index (χ0) is 19.6. The maximum absolute atomic E-state index is 13.0. The van der Waals surface area contributed by atoms with Gasteiger partial charge in [0.2, 0.25) is 0 Å². The number of carbonyl (C=O) groups is 2. The van der Waals surface area contributed by atoms with Crippen LogP contribution in [0.1, 0.15) is 69.1 Å². The van der Waals surface area contributed by atoms with Crippen molar-refractivity contribution in [1.29, 1.82) is 0 Å². The summed E-state index contributed by atoms with van der Waals surface area (Å²) < 4.78 is 1.55. The fourth-order valence-electron chi connectivity index (χ4n) is 3.50. The Morgan fingerprint density at radius 2 is 2.00 bits per heavy atom. The minimum absolute atomic E-state index is 0.0250. The molecule has 2 atom stereocenters. The van der Waals surface area contributed by atoms with Crippen molar-refractivity contribution in [3.8, 4) is 0 Å². The first kappa shape index (κ1) is 20.4. The van der Waals surface area contributed by atoms with Crippen molar-refractivity contribution in [2.75, 3.05) is 13.1 Å². The lowest BCUT2D eigenvalue weighted by Gasteiger charge is -2.43. The number of aryl methyl sites for hydroxylation is 1. The third-order valence-corrected chi connectivity index (χ3v) is 5.37. The van der Waals surface area contributed by atoms with Crippen LogP contribution in [-0.2, 0) is 11.8 Å². The standard InChI is InChI=1S/C19H31N3O4/c1-12(2)6-8-19(18(25)26)11-22(9-7-16(19)23)17(24)15-10-14(13(3)4)20-21(15)5/h10,12-13,16,23H,6-9,11H2,1-5H3,(H,25,26)/t16-,19+/m0/s1. The molecule has 1 aromatic heterocycles. The monoisotopic (exact) mass is 365 g/mol. The first-order valence-electron chi connectivity index (χ1n) is 9.33.